The number of ether oxygens (including phenoxy) is 1. The molecule has 32 heavy (non-hydrogen) atoms. The van der Waals surface area contributed by atoms with E-state index in [1.807, 2.05) is 18.7 Å². The molecule has 1 atom stereocenters. The molecule has 2 fully saturated rings. The van der Waals surface area contributed by atoms with Crippen LogP contribution < -0.4 is 10.2 Å². The molecule has 1 aromatic carbocycles. The molecule has 0 saturated carbocycles. The van der Waals surface area contributed by atoms with Gasteiger partial charge in [-0.25, -0.2) is 4.39 Å². The minimum atomic E-state index is -1.16. The molecular weight excluding hydrogens is 415 g/mol. The maximum Gasteiger partial charge on any atom is 0.309 e. The number of carbonyl (C=O) groups excluding carboxylic acids is 3. The van der Waals surface area contributed by atoms with Crippen LogP contribution in [0.5, 0.6) is 0 Å². The number of hydrogen-bond donors (Lipinski definition) is 2. The van der Waals surface area contributed by atoms with Gasteiger partial charge in [-0.2, -0.15) is 0 Å². The van der Waals surface area contributed by atoms with Crippen molar-refractivity contribution in [3.63, 3.8) is 0 Å². The topological polar surface area (TPSA) is 95.9 Å². The second kappa shape index (κ2) is 10.4. The van der Waals surface area contributed by atoms with Gasteiger partial charge in [0.2, 0.25) is 11.8 Å². The fraction of sp³-hybridized carbons (Fsp3) is 0.625. The number of esters is 1. The van der Waals surface area contributed by atoms with Gasteiger partial charge in [0.05, 0.1) is 23.6 Å². The molecule has 178 valence electrons. The molecule has 1 unspecified atom stereocenters. The molecule has 0 radical (unpaired) electrons. The van der Waals surface area contributed by atoms with Gasteiger partial charge in [0.25, 0.3) is 0 Å². The van der Waals surface area contributed by atoms with Crippen LogP contribution in [0.3, 0.4) is 0 Å². The predicted molar refractivity (Wildman–Crippen MR) is 120 cm³/mol. The van der Waals surface area contributed by atoms with Crippen LogP contribution in [0.25, 0.3) is 0 Å². The van der Waals surface area contributed by atoms with Crippen LogP contribution in [-0.4, -0.2) is 47.2 Å². The molecule has 0 aromatic heterocycles. The molecule has 0 aliphatic carbocycles. The second-order valence-corrected chi connectivity index (χ2v) is 9.19. The molecule has 2 amide bonds. The first-order valence-electron chi connectivity index (χ1n) is 11.3. The molecular formula is C24H35FN2O5. The Bertz CT molecular complexity index is 841. The zero-order chi connectivity index (χ0) is 24.1. The van der Waals surface area contributed by atoms with Crippen LogP contribution >= 0.6 is 0 Å². The molecule has 3 rings (SSSR count). The zero-order valence-corrected chi connectivity index (χ0v) is 19.7. The first-order valence-corrected chi connectivity index (χ1v) is 11.3. The number of amides is 2. The van der Waals surface area contributed by atoms with E-state index in [9.17, 15) is 23.9 Å². The summed E-state index contributed by atoms with van der Waals surface area (Å²) in [5.41, 5.74) is -0.839. The Morgan fingerprint density at radius 2 is 1.88 bits per heavy atom. The number of aliphatic hydroxyl groups is 1. The third-order valence-electron chi connectivity index (χ3n) is 5.54. The predicted octanol–water partition coefficient (Wildman–Crippen LogP) is 3.44. The minimum absolute atomic E-state index is 0.0883. The molecule has 0 spiro atoms. The number of rotatable bonds is 4. The van der Waals surface area contributed by atoms with Gasteiger partial charge in [0.1, 0.15) is 11.4 Å². The van der Waals surface area contributed by atoms with Gasteiger partial charge in [-0.05, 0) is 57.7 Å². The Morgan fingerprint density at radius 3 is 2.41 bits per heavy atom. The number of anilines is 1. The number of piperidine rings is 2. The molecule has 2 N–H and O–H groups in total. The van der Waals surface area contributed by atoms with E-state index in [0.717, 1.165) is 0 Å². The molecule has 8 heteroatoms. The van der Waals surface area contributed by atoms with Crippen LogP contribution in [0.4, 0.5) is 10.1 Å². The van der Waals surface area contributed by atoms with Crippen molar-refractivity contribution in [1.29, 1.82) is 0 Å². The summed E-state index contributed by atoms with van der Waals surface area (Å²) >= 11 is 0. The number of nitrogens with zero attached hydrogens (tertiary/aromatic N) is 1. The van der Waals surface area contributed by atoms with Crippen LogP contribution in [0.1, 0.15) is 78.2 Å². The average Bonchev–Trinajstić information content (AvgIpc) is 2.68. The monoisotopic (exact) mass is 450 g/mol. The molecule has 2 aliphatic heterocycles. The van der Waals surface area contributed by atoms with Gasteiger partial charge >= 0.3 is 5.97 Å². The quantitative estimate of drug-likeness (QED) is 0.539. The molecule has 1 aromatic rings. The number of nitrogens with one attached hydrogen (secondary N) is 1. The van der Waals surface area contributed by atoms with Crippen molar-refractivity contribution < 1.29 is 28.6 Å². The number of halogens is 1. The van der Waals surface area contributed by atoms with Crippen LogP contribution in [0.15, 0.2) is 18.2 Å². The van der Waals surface area contributed by atoms with Gasteiger partial charge in [-0.3, -0.25) is 19.7 Å². The number of benzene rings is 1. The number of carbonyl (C=O) groups is 3. The van der Waals surface area contributed by atoms with Crippen molar-refractivity contribution in [1.82, 2.24) is 5.32 Å². The van der Waals surface area contributed by atoms with Crippen LogP contribution in [0.2, 0.25) is 0 Å². The average molecular weight is 451 g/mol. The largest absolute Gasteiger partial charge is 0.460 e. The highest BCUT2D eigenvalue weighted by Gasteiger charge is 2.37. The standard InChI is InChI=1S/C22H29FN2O5.C2H6/c1-21(2,3)30-19(27)13-22(29)8-10-25(11-9-22)17-6-4-14(12-16(17)23)15-5-7-18(26)24-20(15)28;1-2/h4,6,12,15,29H,5,7-11,13H2,1-3H3,(H,24,26,28);1-2H3. The lowest BCUT2D eigenvalue weighted by atomic mass is 9.87. The van der Waals surface area contributed by atoms with E-state index in [1.54, 1.807) is 32.9 Å². The van der Waals surface area contributed by atoms with E-state index in [2.05, 4.69) is 5.32 Å². The smallest absolute Gasteiger partial charge is 0.309 e. The Hall–Kier alpha value is -2.48. The highest BCUT2D eigenvalue weighted by molar-refractivity contribution is 6.00. The van der Waals surface area contributed by atoms with E-state index in [4.69, 9.17) is 4.74 Å². The highest BCUT2D eigenvalue weighted by atomic mass is 19.1. The molecule has 0 bridgehead atoms. The summed E-state index contributed by atoms with van der Waals surface area (Å²) in [5, 5.41) is 13.0. The van der Waals surface area contributed by atoms with Crippen molar-refractivity contribution in [3.05, 3.63) is 29.6 Å². The van der Waals surface area contributed by atoms with E-state index in [-0.39, 0.29) is 18.7 Å². The molecule has 2 heterocycles. The lowest BCUT2D eigenvalue weighted by molar-refractivity contribution is -0.161. The highest BCUT2D eigenvalue weighted by Crippen LogP contribution is 2.33. The van der Waals surface area contributed by atoms with E-state index < -0.39 is 34.8 Å². The molecule has 2 aliphatic rings. The third kappa shape index (κ3) is 6.76. The maximum atomic E-state index is 14.8. The first kappa shape index (κ1) is 25.8. The van der Waals surface area contributed by atoms with Gasteiger partial charge in [0.15, 0.2) is 0 Å². The fourth-order valence-electron chi connectivity index (χ4n) is 3.99. The second-order valence-electron chi connectivity index (χ2n) is 9.19. The van der Waals surface area contributed by atoms with Crippen LogP contribution in [0, 0.1) is 5.82 Å². The third-order valence-corrected chi connectivity index (χ3v) is 5.54. The van der Waals surface area contributed by atoms with Gasteiger partial charge in [-0.15, -0.1) is 0 Å². The fourth-order valence-corrected chi connectivity index (χ4v) is 3.99. The first-order chi connectivity index (χ1) is 15.0. The lowest BCUT2D eigenvalue weighted by Gasteiger charge is -2.39. The van der Waals surface area contributed by atoms with E-state index >= 15 is 0 Å². The van der Waals surface area contributed by atoms with Gasteiger partial charge in [0, 0.05) is 19.5 Å². The van der Waals surface area contributed by atoms with E-state index in [0.29, 0.717) is 43.6 Å². The van der Waals surface area contributed by atoms with Crippen molar-refractivity contribution in [2.75, 3.05) is 18.0 Å². The Balaban J connectivity index is 0.00000176. The number of hydrogen-bond acceptors (Lipinski definition) is 6. The van der Waals surface area contributed by atoms with E-state index in [1.165, 1.54) is 6.07 Å². The lowest BCUT2D eigenvalue weighted by Crippen LogP contribution is -2.46. The molecule has 2 saturated heterocycles. The van der Waals surface area contributed by atoms with Gasteiger partial charge in [-0.1, -0.05) is 19.9 Å². The zero-order valence-electron chi connectivity index (χ0n) is 19.7. The van der Waals surface area contributed by atoms with Crippen molar-refractivity contribution in [3.8, 4) is 0 Å². The Labute approximate surface area is 189 Å². The van der Waals surface area contributed by atoms with Crippen molar-refractivity contribution >= 4 is 23.5 Å². The molecule has 7 nitrogen and oxygen atoms in total. The summed E-state index contributed by atoms with van der Waals surface area (Å²) in [6, 6.07) is 4.68. The summed E-state index contributed by atoms with van der Waals surface area (Å²) in [4.78, 5) is 37.2. The summed E-state index contributed by atoms with van der Waals surface area (Å²) in [7, 11) is 0. The Kier molecular flexibility index (Phi) is 8.40. The summed E-state index contributed by atoms with van der Waals surface area (Å²) in [5.74, 6) is -2.14. The maximum absolute atomic E-state index is 14.8. The SMILES string of the molecule is CC.CC(C)(C)OC(=O)CC1(O)CCN(c2ccc(C3CCC(=O)NC3=O)cc2F)CC1. The summed E-state index contributed by atoms with van der Waals surface area (Å²) < 4.78 is 20.1. The number of imide groups is 1. The summed E-state index contributed by atoms with van der Waals surface area (Å²) in [6.45, 7) is 10.1. The van der Waals surface area contributed by atoms with Crippen LogP contribution in [-0.2, 0) is 19.1 Å². The van der Waals surface area contributed by atoms with Gasteiger partial charge < -0.3 is 14.7 Å². The minimum Gasteiger partial charge on any atom is -0.460 e. The normalized spacial score (nSPS) is 20.7. The van der Waals surface area contributed by atoms with Crippen molar-refractivity contribution in [2.24, 2.45) is 0 Å². The summed E-state index contributed by atoms with van der Waals surface area (Å²) in [6.07, 6.45) is 1.16. The van der Waals surface area contributed by atoms with Crippen molar-refractivity contribution in [2.45, 2.75) is 83.8 Å². The Morgan fingerprint density at radius 1 is 1.25 bits per heavy atom.